The van der Waals surface area contributed by atoms with Crippen molar-refractivity contribution in [2.45, 2.75) is 9.99 Å². The topological polar surface area (TPSA) is 36.9 Å². The lowest BCUT2D eigenvalue weighted by molar-refractivity contribution is 0.463. The zero-order valence-corrected chi connectivity index (χ0v) is 14.8. The van der Waals surface area contributed by atoms with Crippen LogP contribution in [0.15, 0.2) is 79.5 Å². The summed E-state index contributed by atoms with van der Waals surface area (Å²) in [5.41, 5.74) is 1.05. The zero-order chi connectivity index (χ0) is 16.9. The SMILES string of the molecule is N#C/C(=C/c1cc(Br)c(Sc2ccccc2)o1)c1ccc(F)cc1. The number of nitriles is 1. The van der Waals surface area contributed by atoms with Crippen LogP contribution >= 0.6 is 27.7 Å². The van der Waals surface area contributed by atoms with Gasteiger partial charge in [0.1, 0.15) is 11.6 Å². The Bertz CT molecular complexity index is 911. The Hall–Kier alpha value is -2.29. The van der Waals surface area contributed by atoms with Crippen LogP contribution in [0.2, 0.25) is 0 Å². The first-order chi connectivity index (χ1) is 11.7. The summed E-state index contributed by atoms with van der Waals surface area (Å²) in [6.45, 7) is 0. The molecule has 0 bridgehead atoms. The molecule has 5 heteroatoms. The summed E-state index contributed by atoms with van der Waals surface area (Å²) in [4.78, 5) is 1.06. The van der Waals surface area contributed by atoms with E-state index >= 15 is 0 Å². The van der Waals surface area contributed by atoms with E-state index in [0.29, 0.717) is 22.0 Å². The van der Waals surface area contributed by atoms with Gasteiger partial charge in [0.15, 0.2) is 5.09 Å². The predicted molar refractivity (Wildman–Crippen MR) is 96.9 cm³/mol. The number of benzene rings is 2. The number of nitrogens with zero attached hydrogens (tertiary/aromatic N) is 1. The summed E-state index contributed by atoms with van der Waals surface area (Å²) < 4.78 is 19.6. The molecule has 118 valence electrons. The van der Waals surface area contributed by atoms with E-state index in [0.717, 1.165) is 9.37 Å². The molecule has 0 amide bonds. The predicted octanol–water partition coefficient (Wildman–Crippen LogP) is 6.40. The molecule has 0 N–H and O–H groups in total. The van der Waals surface area contributed by atoms with Crippen molar-refractivity contribution in [2.75, 3.05) is 0 Å². The van der Waals surface area contributed by atoms with Crippen LogP contribution < -0.4 is 0 Å². The van der Waals surface area contributed by atoms with Crippen LogP contribution in [-0.4, -0.2) is 0 Å². The maximum Gasteiger partial charge on any atom is 0.179 e. The Kier molecular flexibility index (Phi) is 5.19. The van der Waals surface area contributed by atoms with Gasteiger partial charge in [-0.25, -0.2) is 4.39 Å². The summed E-state index contributed by atoms with van der Waals surface area (Å²) in [7, 11) is 0. The molecular weight excluding hydrogens is 389 g/mol. The molecule has 0 unspecified atom stereocenters. The van der Waals surface area contributed by atoms with Crippen molar-refractivity contribution in [3.05, 3.63) is 82.3 Å². The average molecular weight is 400 g/mol. The van der Waals surface area contributed by atoms with Gasteiger partial charge >= 0.3 is 0 Å². The van der Waals surface area contributed by atoms with Crippen molar-refractivity contribution >= 4 is 39.3 Å². The minimum Gasteiger partial charge on any atom is -0.449 e. The van der Waals surface area contributed by atoms with Crippen LogP contribution in [-0.2, 0) is 0 Å². The molecule has 0 saturated heterocycles. The van der Waals surface area contributed by atoms with Crippen molar-refractivity contribution in [2.24, 2.45) is 0 Å². The third kappa shape index (κ3) is 3.97. The van der Waals surface area contributed by atoms with Gasteiger partial charge in [-0.15, -0.1) is 0 Å². The van der Waals surface area contributed by atoms with Crippen LogP contribution in [0.1, 0.15) is 11.3 Å². The smallest absolute Gasteiger partial charge is 0.179 e. The molecule has 0 aliphatic rings. The van der Waals surface area contributed by atoms with Crippen LogP contribution in [0.3, 0.4) is 0 Å². The van der Waals surface area contributed by atoms with Gasteiger partial charge in [0.05, 0.1) is 16.1 Å². The summed E-state index contributed by atoms with van der Waals surface area (Å²) in [5, 5.41) is 10.1. The lowest BCUT2D eigenvalue weighted by Crippen LogP contribution is -1.82. The molecule has 0 saturated carbocycles. The standard InChI is InChI=1S/C19H11BrFNOS/c20-18-11-16(23-19(18)24-17-4-2-1-3-5-17)10-14(12-22)13-6-8-15(21)9-7-13/h1-11H/b14-10-. The van der Waals surface area contributed by atoms with Crippen molar-refractivity contribution in [1.82, 2.24) is 0 Å². The molecular formula is C19H11BrFNOS. The number of furan rings is 1. The highest BCUT2D eigenvalue weighted by Crippen LogP contribution is 2.36. The maximum atomic E-state index is 13.0. The fourth-order valence-corrected chi connectivity index (χ4v) is 3.41. The first kappa shape index (κ1) is 16.6. The first-order valence-electron chi connectivity index (χ1n) is 7.05. The number of hydrogen-bond donors (Lipinski definition) is 0. The Morgan fingerprint density at radius 1 is 1.12 bits per heavy atom. The molecule has 3 rings (SSSR count). The second kappa shape index (κ2) is 7.52. The second-order valence-electron chi connectivity index (χ2n) is 4.88. The van der Waals surface area contributed by atoms with Gasteiger partial charge in [0, 0.05) is 4.90 Å². The quantitative estimate of drug-likeness (QED) is 0.476. The Balaban J connectivity index is 1.88. The first-order valence-corrected chi connectivity index (χ1v) is 8.66. The minimum absolute atomic E-state index is 0.335. The fourth-order valence-electron chi connectivity index (χ4n) is 2.06. The fraction of sp³-hybridized carbons (Fsp3) is 0. The van der Waals surface area contributed by atoms with Gasteiger partial charge in [-0.2, -0.15) is 5.26 Å². The van der Waals surface area contributed by atoms with Crippen LogP contribution in [0, 0.1) is 17.1 Å². The van der Waals surface area contributed by atoms with Crippen molar-refractivity contribution < 1.29 is 8.81 Å². The molecule has 1 aromatic heterocycles. The highest BCUT2D eigenvalue weighted by Gasteiger charge is 2.11. The average Bonchev–Trinajstić information content (AvgIpc) is 2.94. The van der Waals surface area contributed by atoms with Gasteiger partial charge in [-0.05, 0) is 57.9 Å². The van der Waals surface area contributed by atoms with Crippen LogP contribution in [0.25, 0.3) is 11.6 Å². The lowest BCUT2D eigenvalue weighted by Gasteiger charge is -1.99. The highest BCUT2D eigenvalue weighted by molar-refractivity contribution is 9.10. The van der Waals surface area contributed by atoms with E-state index in [1.165, 1.54) is 23.9 Å². The van der Waals surface area contributed by atoms with Crippen molar-refractivity contribution in [1.29, 1.82) is 5.26 Å². The second-order valence-corrected chi connectivity index (χ2v) is 6.78. The minimum atomic E-state index is -0.335. The van der Waals surface area contributed by atoms with E-state index in [1.807, 2.05) is 36.4 Å². The molecule has 2 aromatic carbocycles. The van der Waals surface area contributed by atoms with Crippen molar-refractivity contribution in [3.63, 3.8) is 0 Å². The molecule has 0 radical (unpaired) electrons. The Morgan fingerprint density at radius 3 is 2.50 bits per heavy atom. The molecule has 24 heavy (non-hydrogen) atoms. The van der Waals surface area contributed by atoms with E-state index in [1.54, 1.807) is 18.2 Å². The van der Waals surface area contributed by atoms with Crippen LogP contribution in [0.5, 0.6) is 0 Å². The molecule has 2 nitrogen and oxygen atoms in total. The number of allylic oxidation sites excluding steroid dienone is 1. The van der Waals surface area contributed by atoms with E-state index in [2.05, 4.69) is 22.0 Å². The van der Waals surface area contributed by atoms with Gasteiger partial charge in [-0.1, -0.05) is 42.1 Å². The molecule has 0 spiro atoms. The number of halogens is 2. The monoisotopic (exact) mass is 399 g/mol. The number of hydrogen-bond acceptors (Lipinski definition) is 3. The highest BCUT2D eigenvalue weighted by atomic mass is 79.9. The molecule has 0 aliphatic carbocycles. The summed E-state index contributed by atoms with van der Waals surface area (Å²) in [5.74, 6) is 0.222. The van der Waals surface area contributed by atoms with Gasteiger partial charge < -0.3 is 4.42 Å². The van der Waals surface area contributed by atoms with Gasteiger partial charge in [0.2, 0.25) is 0 Å². The van der Waals surface area contributed by atoms with Crippen molar-refractivity contribution in [3.8, 4) is 6.07 Å². The normalized spacial score (nSPS) is 11.3. The van der Waals surface area contributed by atoms with E-state index in [4.69, 9.17) is 4.42 Å². The maximum absolute atomic E-state index is 13.0. The number of rotatable bonds is 4. The molecule has 3 aromatic rings. The zero-order valence-electron chi connectivity index (χ0n) is 12.4. The third-order valence-corrected chi connectivity index (χ3v) is 5.04. The van der Waals surface area contributed by atoms with E-state index < -0.39 is 0 Å². The Labute approximate surface area is 151 Å². The molecule has 0 aliphatic heterocycles. The van der Waals surface area contributed by atoms with Gasteiger partial charge in [0.25, 0.3) is 0 Å². The van der Waals surface area contributed by atoms with E-state index in [-0.39, 0.29) is 5.82 Å². The molecule has 1 heterocycles. The van der Waals surface area contributed by atoms with Gasteiger partial charge in [-0.3, -0.25) is 0 Å². The summed E-state index contributed by atoms with van der Waals surface area (Å²) in [6.07, 6.45) is 1.65. The summed E-state index contributed by atoms with van der Waals surface area (Å²) in [6, 6.07) is 19.6. The Morgan fingerprint density at radius 2 is 1.83 bits per heavy atom. The summed E-state index contributed by atoms with van der Waals surface area (Å²) >= 11 is 4.97. The largest absolute Gasteiger partial charge is 0.449 e. The van der Waals surface area contributed by atoms with Crippen LogP contribution in [0.4, 0.5) is 4.39 Å². The third-order valence-electron chi connectivity index (χ3n) is 3.19. The molecule has 0 atom stereocenters. The van der Waals surface area contributed by atoms with E-state index in [9.17, 15) is 9.65 Å². The molecule has 0 fully saturated rings. The lowest BCUT2D eigenvalue weighted by atomic mass is 10.1.